The van der Waals surface area contributed by atoms with E-state index < -0.39 is 10.0 Å². The Morgan fingerprint density at radius 2 is 1.85 bits per heavy atom. The van der Waals surface area contributed by atoms with Crippen molar-refractivity contribution in [2.45, 2.75) is 18.7 Å². The summed E-state index contributed by atoms with van der Waals surface area (Å²) < 4.78 is 27.6. The van der Waals surface area contributed by atoms with Gasteiger partial charge in [-0.3, -0.25) is 19.5 Å². The fourth-order valence-electron chi connectivity index (χ4n) is 2.36. The molecule has 3 aromatic heterocycles. The van der Waals surface area contributed by atoms with Gasteiger partial charge in [0.2, 0.25) is 5.91 Å². The zero-order valence-electron chi connectivity index (χ0n) is 14.7. The van der Waals surface area contributed by atoms with Gasteiger partial charge in [-0.05, 0) is 42.8 Å². The smallest absolute Gasteiger partial charge is 0.263 e. The van der Waals surface area contributed by atoms with E-state index in [-0.39, 0.29) is 10.8 Å². The van der Waals surface area contributed by atoms with E-state index in [0.29, 0.717) is 22.8 Å². The third-order valence-electron chi connectivity index (χ3n) is 3.67. The predicted octanol–water partition coefficient (Wildman–Crippen LogP) is 2.61. The maximum atomic E-state index is 12.5. The lowest BCUT2D eigenvalue weighted by atomic mass is 10.1. The normalized spacial score (nSPS) is 11.0. The molecule has 0 fully saturated rings. The summed E-state index contributed by atoms with van der Waals surface area (Å²) in [5, 5.41) is 2.61. The van der Waals surface area contributed by atoms with Gasteiger partial charge in [0.1, 0.15) is 10.7 Å². The summed E-state index contributed by atoms with van der Waals surface area (Å²) in [6, 6.07) is 8.13. The van der Waals surface area contributed by atoms with E-state index in [0.717, 1.165) is 5.56 Å². The van der Waals surface area contributed by atoms with Gasteiger partial charge >= 0.3 is 0 Å². The fraction of sp³-hybridized carbons (Fsp3) is 0.111. The van der Waals surface area contributed by atoms with Crippen molar-refractivity contribution >= 4 is 27.4 Å². The van der Waals surface area contributed by atoms with Crippen LogP contribution >= 0.6 is 0 Å². The number of anilines is 2. The molecule has 138 valence electrons. The highest BCUT2D eigenvalue weighted by molar-refractivity contribution is 7.92. The van der Waals surface area contributed by atoms with Crippen molar-refractivity contribution in [2.24, 2.45) is 0 Å². The molecule has 3 heterocycles. The SMILES string of the molecule is CC(=O)Nc1cc(-c2cnc(C)c(NS(=O)(=O)c3cccnc3)c2)ccn1. The summed E-state index contributed by atoms with van der Waals surface area (Å²) in [5.41, 5.74) is 2.30. The van der Waals surface area contributed by atoms with Crippen LogP contribution in [0.5, 0.6) is 0 Å². The lowest BCUT2D eigenvalue weighted by molar-refractivity contribution is -0.114. The van der Waals surface area contributed by atoms with Crippen LogP contribution in [0.25, 0.3) is 11.1 Å². The molecule has 0 saturated heterocycles. The third kappa shape index (κ3) is 4.45. The average Bonchev–Trinajstić information content (AvgIpc) is 2.64. The fourth-order valence-corrected chi connectivity index (χ4v) is 3.43. The summed E-state index contributed by atoms with van der Waals surface area (Å²) in [4.78, 5) is 23.5. The molecule has 0 aromatic carbocycles. The number of hydrogen-bond donors (Lipinski definition) is 2. The van der Waals surface area contributed by atoms with E-state index in [1.165, 1.54) is 25.4 Å². The second-order valence-electron chi connectivity index (χ2n) is 5.76. The topological polar surface area (TPSA) is 114 Å². The molecule has 0 aliphatic heterocycles. The van der Waals surface area contributed by atoms with Gasteiger partial charge in [-0.2, -0.15) is 0 Å². The molecule has 27 heavy (non-hydrogen) atoms. The minimum absolute atomic E-state index is 0.0617. The lowest BCUT2D eigenvalue weighted by Gasteiger charge is -2.12. The maximum absolute atomic E-state index is 12.5. The number of nitrogens with zero attached hydrogens (tertiary/aromatic N) is 3. The maximum Gasteiger partial charge on any atom is 0.263 e. The Hall–Kier alpha value is -3.33. The van der Waals surface area contributed by atoms with Gasteiger partial charge in [-0.1, -0.05) is 0 Å². The zero-order chi connectivity index (χ0) is 19.4. The second kappa shape index (κ2) is 7.50. The molecular weight excluding hydrogens is 366 g/mol. The van der Waals surface area contributed by atoms with Gasteiger partial charge in [-0.15, -0.1) is 0 Å². The summed E-state index contributed by atoms with van der Waals surface area (Å²) in [6.45, 7) is 3.10. The van der Waals surface area contributed by atoms with Crippen LogP contribution in [-0.4, -0.2) is 29.3 Å². The van der Waals surface area contributed by atoms with Crippen molar-refractivity contribution in [3.8, 4) is 11.1 Å². The molecule has 9 heteroatoms. The molecule has 3 rings (SSSR count). The summed E-state index contributed by atoms with van der Waals surface area (Å²) >= 11 is 0. The Labute approximate surface area is 156 Å². The molecule has 0 bridgehead atoms. The van der Waals surface area contributed by atoms with Crippen LogP contribution in [0.15, 0.2) is 60.0 Å². The van der Waals surface area contributed by atoms with Gasteiger partial charge < -0.3 is 5.32 Å². The van der Waals surface area contributed by atoms with Crippen molar-refractivity contribution in [3.05, 3.63) is 60.8 Å². The molecule has 0 aliphatic carbocycles. The minimum atomic E-state index is -3.78. The standard InChI is InChI=1S/C18H17N5O3S/c1-12-17(23-27(25,26)16-4-3-6-19-11-16)8-15(10-21-12)14-5-7-20-18(9-14)22-13(2)24/h3-11,23H,1-2H3,(H,20,22,24). The molecule has 0 radical (unpaired) electrons. The van der Waals surface area contributed by atoms with E-state index in [4.69, 9.17) is 0 Å². The number of carbonyl (C=O) groups excluding carboxylic acids is 1. The quantitative estimate of drug-likeness (QED) is 0.700. The highest BCUT2D eigenvalue weighted by Gasteiger charge is 2.16. The number of aromatic nitrogens is 3. The van der Waals surface area contributed by atoms with E-state index >= 15 is 0 Å². The first kappa shape index (κ1) is 18.5. The van der Waals surface area contributed by atoms with Gasteiger partial charge in [0.05, 0.1) is 11.4 Å². The van der Waals surface area contributed by atoms with Crippen molar-refractivity contribution in [2.75, 3.05) is 10.0 Å². The van der Waals surface area contributed by atoms with E-state index in [9.17, 15) is 13.2 Å². The van der Waals surface area contributed by atoms with E-state index in [1.54, 1.807) is 43.6 Å². The van der Waals surface area contributed by atoms with Gasteiger partial charge in [0.25, 0.3) is 10.0 Å². The van der Waals surface area contributed by atoms with Crippen LogP contribution in [0.4, 0.5) is 11.5 Å². The van der Waals surface area contributed by atoms with Crippen molar-refractivity contribution in [1.29, 1.82) is 0 Å². The number of aryl methyl sites for hydroxylation is 1. The third-order valence-corrected chi connectivity index (χ3v) is 5.02. The molecule has 2 N–H and O–H groups in total. The first-order valence-corrected chi connectivity index (χ1v) is 9.47. The molecular formula is C18H17N5O3S. The summed E-state index contributed by atoms with van der Waals surface area (Å²) in [7, 11) is -3.78. The highest BCUT2D eigenvalue weighted by atomic mass is 32.2. The van der Waals surface area contributed by atoms with E-state index in [1.807, 2.05) is 0 Å². The molecule has 3 aromatic rings. The number of pyridine rings is 3. The van der Waals surface area contributed by atoms with Crippen LogP contribution < -0.4 is 10.0 Å². The van der Waals surface area contributed by atoms with Gasteiger partial charge in [-0.25, -0.2) is 13.4 Å². The number of hydrogen-bond acceptors (Lipinski definition) is 6. The first-order valence-electron chi connectivity index (χ1n) is 7.99. The minimum Gasteiger partial charge on any atom is -0.311 e. The Balaban J connectivity index is 1.95. The Morgan fingerprint density at radius 3 is 2.56 bits per heavy atom. The average molecular weight is 383 g/mol. The molecule has 1 amide bonds. The largest absolute Gasteiger partial charge is 0.311 e. The number of amides is 1. The second-order valence-corrected chi connectivity index (χ2v) is 7.44. The Morgan fingerprint density at radius 1 is 1.04 bits per heavy atom. The Kier molecular flexibility index (Phi) is 5.13. The van der Waals surface area contributed by atoms with E-state index in [2.05, 4.69) is 25.0 Å². The molecule has 0 atom stereocenters. The first-order chi connectivity index (χ1) is 12.8. The molecule has 0 aliphatic rings. The number of carbonyl (C=O) groups is 1. The highest BCUT2D eigenvalue weighted by Crippen LogP contribution is 2.26. The molecule has 0 spiro atoms. The van der Waals surface area contributed by atoms with Crippen LogP contribution in [-0.2, 0) is 14.8 Å². The zero-order valence-corrected chi connectivity index (χ0v) is 15.5. The van der Waals surface area contributed by atoms with Crippen molar-refractivity contribution < 1.29 is 13.2 Å². The molecule has 0 unspecified atom stereocenters. The molecule has 0 saturated carbocycles. The van der Waals surface area contributed by atoms with Gasteiger partial charge in [0.15, 0.2) is 0 Å². The summed E-state index contributed by atoms with van der Waals surface area (Å²) in [6.07, 6.45) is 5.96. The summed E-state index contributed by atoms with van der Waals surface area (Å²) in [5.74, 6) is 0.171. The van der Waals surface area contributed by atoms with Crippen molar-refractivity contribution in [3.63, 3.8) is 0 Å². The predicted molar refractivity (Wildman–Crippen MR) is 102 cm³/mol. The lowest BCUT2D eigenvalue weighted by Crippen LogP contribution is -2.14. The van der Waals surface area contributed by atoms with Crippen LogP contribution in [0.3, 0.4) is 0 Å². The number of rotatable bonds is 5. The monoisotopic (exact) mass is 383 g/mol. The number of sulfonamides is 1. The van der Waals surface area contributed by atoms with Crippen LogP contribution in [0.1, 0.15) is 12.6 Å². The molecule has 8 nitrogen and oxygen atoms in total. The Bertz CT molecular complexity index is 1090. The van der Waals surface area contributed by atoms with Gasteiger partial charge in [0, 0.05) is 37.3 Å². The van der Waals surface area contributed by atoms with Crippen LogP contribution in [0.2, 0.25) is 0 Å². The number of nitrogens with one attached hydrogen (secondary N) is 2. The van der Waals surface area contributed by atoms with Crippen molar-refractivity contribution in [1.82, 2.24) is 15.0 Å². The van der Waals surface area contributed by atoms with Crippen LogP contribution in [0, 0.1) is 6.92 Å².